The first kappa shape index (κ1) is 20.4. The van der Waals surface area contributed by atoms with Crippen LogP contribution in [0.2, 0.25) is 0 Å². The number of likely N-dealkylation sites (tertiary alicyclic amines) is 1. The summed E-state index contributed by atoms with van der Waals surface area (Å²) in [5.41, 5.74) is -1.40. The van der Waals surface area contributed by atoms with Gasteiger partial charge >= 0.3 is 12.2 Å². The van der Waals surface area contributed by atoms with Crippen molar-refractivity contribution in [2.75, 3.05) is 31.5 Å². The Hall–Kier alpha value is -1.83. The number of hydrogen-bond donors (Lipinski definition) is 1. The average molecular weight is 413 g/mol. The topological polar surface area (TPSA) is 35.6 Å². The lowest BCUT2D eigenvalue weighted by Crippen LogP contribution is -2.47. The second-order valence-corrected chi connectivity index (χ2v) is 8.59. The Kier molecular flexibility index (Phi) is 5.73. The Bertz CT molecular complexity index is 748. The molecule has 160 valence electrons. The van der Waals surface area contributed by atoms with Gasteiger partial charge in [0.25, 0.3) is 0 Å². The highest BCUT2D eigenvalue weighted by Crippen LogP contribution is 2.50. The molecule has 3 fully saturated rings. The molecule has 3 unspecified atom stereocenters. The second-order valence-electron chi connectivity index (χ2n) is 8.59. The zero-order chi connectivity index (χ0) is 20.6. The number of alkyl halides is 3. The van der Waals surface area contributed by atoms with Gasteiger partial charge in [-0.2, -0.15) is 13.2 Å². The van der Waals surface area contributed by atoms with Crippen molar-refractivity contribution in [1.29, 1.82) is 0 Å². The highest BCUT2D eigenvalue weighted by atomic mass is 19.4. The molecule has 2 saturated carbocycles. The third kappa shape index (κ3) is 4.85. The van der Waals surface area contributed by atoms with E-state index in [2.05, 4.69) is 10.2 Å². The Morgan fingerprint density at radius 2 is 1.90 bits per heavy atom. The number of carbonyl (C=O) groups excluding carboxylic acids is 1. The zero-order valence-electron chi connectivity index (χ0n) is 16.3. The monoisotopic (exact) mass is 413 g/mol. The molecule has 3 aliphatic rings. The summed E-state index contributed by atoms with van der Waals surface area (Å²) in [5.74, 6) is 0.133. The number of benzene rings is 1. The van der Waals surface area contributed by atoms with Crippen LogP contribution < -0.4 is 5.32 Å². The number of rotatable bonds is 5. The van der Waals surface area contributed by atoms with Crippen LogP contribution in [0.15, 0.2) is 18.2 Å². The molecule has 0 aromatic heterocycles. The van der Waals surface area contributed by atoms with Crippen LogP contribution in [0.25, 0.3) is 0 Å². The molecule has 1 aliphatic heterocycles. The van der Waals surface area contributed by atoms with Gasteiger partial charge in [0.1, 0.15) is 5.82 Å². The molecule has 0 radical (unpaired) electrons. The van der Waals surface area contributed by atoms with Crippen molar-refractivity contribution in [1.82, 2.24) is 9.80 Å². The van der Waals surface area contributed by atoms with E-state index in [0.29, 0.717) is 18.5 Å². The van der Waals surface area contributed by atoms with E-state index in [0.717, 1.165) is 63.7 Å². The maximum absolute atomic E-state index is 13.5. The summed E-state index contributed by atoms with van der Waals surface area (Å²) < 4.78 is 52.5. The maximum Gasteiger partial charge on any atom is 0.419 e. The molecule has 2 amide bonds. The molecule has 0 bridgehead atoms. The van der Waals surface area contributed by atoms with Gasteiger partial charge in [-0.25, -0.2) is 9.18 Å². The lowest BCUT2D eigenvalue weighted by molar-refractivity contribution is -0.139. The highest BCUT2D eigenvalue weighted by molar-refractivity contribution is 5.89. The van der Waals surface area contributed by atoms with Crippen LogP contribution in [0, 0.1) is 17.7 Å². The number of halogens is 4. The minimum atomic E-state index is -4.80. The largest absolute Gasteiger partial charge is 0.419 e. The summed E-state index contributed by atoms with van der Waals surface area (Å²) in [6.45, 7) is 3.38. The van der Waals surface area contributed by atoms with Crippen LogP contribution in [-0.4, -0.2) is 48.1 Å². The lowest BCUT2D eigenvalue weighted by Gasteiger charge is -2.35. The first-order valence-corrected chi connectivity index (χ1v) is 10.5. The van der Waals surface area contributed by atoms with Crippen molar-refractivity contribution in [3.05, 3.63) is 29.6 Å². The first-order valence-electron chi connectivity index (χ1n) is 10.5. The van der Waals surface area contributed by atoms with Gasteiger partial charge in [0, 0.05) is 24.8 Å². The fourth-order valence-electron chi connectivity index (χ4n) is 4.83. The summed E-state index contributed by atoms with van der Waals surface area (Å²) in [5, 5.41) is 2.58. The van der Waals surface area contributed by atoms with Crippen molar-refractivity contribution in [2.45, 2.75) is 50.7 Å². The highest BCUT2D eigenvalue weighted by Gasteiger charge is 2.44. The van der Waals surface area contributed by atoms with E-state index in [-0.39, 0.29) is 11.7 Å². The molecule has 8 heteroatoms. The first-order chi connectivity index (χ1) is 13.8. The quantitative estimate of drug-likeness (QED) is 0.693. The Morgan fingerprint density at radius 3 is 2.59 bits per heavy atom. The van der Waals surface area contributed by atoms with Gasteiger partial charge in [-0.15, -0.1) is 0 Å². The number of nitrogens with zero attached hydrogens (tertiary/aromatic N) is 2. The van der Waals surface area contributed by atoms with E-state index >= 15 is 0 Å². The van der Waals surface area contributed by atoms with Gasteiger partial charge in [-0.1, -0.05) is 0 Å². The van der Waals surface area contributed by atoms with Crippen LogP contribution in [0.5, 0.6) is 0 Å². The van der Waals surface area contributed by atoms with Gasteiger partial charge in [0.15, 0.2) is 0 Å². The van der Waals surface area contributed by atoms with Gasteiger partial charge in [-0.05, 0) is 81.6 Å². The fraction of sp³-hybridized carbons (Fsp3) is 0.667. The fourth-order valence-corrected chi connectivity index (χ4v) is 4.83. The molecular weight excluding hydrogens is 386 g/mol. The van der Waals surface area contributed by atoms with Gasteiger partial charge < -0.3 is 15.1 Å². The molecule has 29 heavy (non-hydrogen) atoms. The summed E-state index contributed by atoms with van der Waals surface area (Å²) in [6, 6.07) is 2.32. The van der Waals surface area contributed by atoms with Gasteiger partial charge in [-0.3, -0.25) is 0 Å². The maximum atomic E-state index is 13.5. The van der Waals surface area contributed by atoms with E-state index < -0.39 is 23.6 Å². The lowest BCUT2D eigenvalue weighted by atomic mass is 9.94. The SMILES string of the molecule is O=C(Nc1ccc(F)c(C(F)(F)F)c1)N(CCN1CCCC1)C1CCC2CC2C1. The number of hydrogen-bond acceptors (Lipinski definition) is 2. The van der Waals surface area contributed by atoms with Crippen molar-refractivity contribution < 1.29 is 22.4 Å². The molecule has 0 spiro atoms. The Labute approximate surface area is 168 Å². The van der Waals surface area contributed by atoms with Crippen LogP contribution in [0.3, 0.4) is 0 Å². The number of amides is 2. The molecule has 1 aromatic rings. The summed E-state index contributed by atoms with van der Waals surface area (Å²) >= 11 is 0. The van der Waals surface area contributed by atoms with E-state index in [4.69, 9.17) is 0 Å². The second kappa shape index (κ2) is 8.13. The van der Waals surface area contributed by atoms with Crippen molar-refractivity contribution in [2.24, 2.45) is 11.8 Å². The standard InChI is InChI=1S/C21H27F4N3O/c22-19-6-4-16(13-18(19)21(23,24)25)26-20(29)28(10-9-27-7-1-2-8-27)17-5-3-14-11-15(14)12-17/h4,6,13-15,17H,1-3,5,7-12H2,(H,26,29). The molecule has 1 saturated heterocycles. The van der Waals surface area contributed by atoms with Crippen molar-refractivity contribution >= 4 is 11.7 Å². The van der Waals surface area contributed by atoms with E-state index in [1.54, 1.807) is 4.90 Å². The third-order valence-corrected chi connectivity index (χ3v) is 6.60. The van der Waals surface area contributed by atoms with Gasteiger partial charge in [0.05, 0.1) is 5.56 Å². The molecule has 3 atom stereocenters. The summed E-state index contributed by atoms with van der Waals surface area (Å²) in [6.07, 6.45) is 1.76. The summed E-state index contributed by atoms with van der Waals surface area (Å²) in [7, 11) is 0. The van der Waals surface area contributed by atoms with Crippen LogP contribution in [0.1, 0.15) is 44.1 Å². The average Bonchev–Trinajstić information content (AvgIpc) is 3.25. The molecule has 4 rings (SSSR count). The molecule has 4 nitrogen and oxygen atoms in total. The molecule has 1 aromatic carbocycles. The zero-order valence-corrected chi connectivity index (χ0v) is 16.3. The minimum absolute atomic E-state index is 0.0324. The smallest absolute Gasteiger partial charge is 0.320 e. The van der Waals surface area contributed by atoms with E-state index in [1.165, 1.54) is 12.5 Å². The van der Waals surface area contributed by atoms with Crippen LogP contribution >= 0.6 is 0 Å². The number of urea groups is 1. The van der Waals surface area contributed by atoms with Crippen LogP contribution in [-0.2, 0) is 6.18 Å². The Balaban J connectivity index is 1.46. The molecule has 1 N–H and O–H groups in total. The number of anilines is 1. The molecular formula is C21H27F4N3O. The molecule has 1 heterocycles. The number of nitrogens with one attached hydrogen (secondary N) is 1. The van der Waals surface area contributed by atoms with Crippen molar-refractivity contribution in [3.8, 4) is 0 Å². The van der Waals surface area contributed by atoms with E-state index in [9.17, 15) is 22.4 Å². The van der Waals surface area contributed by atoms with Crippen LogP contribution in [0.4, 0.5) is 28.0 Å². The minimum Gasteiger partial charge on any atom is -0.320 e. The molecule has 2 aliphatic carbocycles. The van der Waals surface area contributed by atoms with Crippen molar-refractivity contribution in [3.63, 3.8) is 0 Å². The predicted octanol–water partition coefficient (Wildman–Crippen LogP) is 4.96. The van der Waals surface area contributed by atoms with E-state index in [1.807, 2.05) is 0 Å². The van der Waals surface area contributed by atoms with Gasteiger partial charge in [0.2, 0.25) is 0 Å². The third-order valence-electron chi connectivity index (χ3n) is 6.60. The summed E-state index contributed by atoms with van der Waals surface area (Å²) in [4.78, 5) is 17.1. The number of carbonyl (C=O) groups is 1. The predicted molar refractivity (Wildman–Crippen MR) is 102 cm³/mol. The number of fused-ring (bicyclic) bond motifs is 1. The Morgan fingerprint density at radius 1 is 1.14 bits per heavy atom. The normalized spacial score (nSPS) is 26.8.